The van der Waals surface area contributed by atoms with E-state index in [2.05, 4.69) is 26.5 Å². The van der Waals surface area contributed by atoms with Crippen LogP contribution >= 0.6 is 12.6 Å². The first-order valence-electron chi connectivity index (χ1n) is 4.03. The van der Waals surface area contributed by atoms with Gasteiger partial charge in [-0.05, 0) is 25.5 Å². The van der Waals surface area contributed by atoms with Crippen LogP contribution in [0, 0.1) is 0 Å². The predicted molar refractivity (Wildman–Crippen MR) is 48.8 cm³/mol. The number of hydrogen-bond donors (Lipinski definition) is 1. The fraction of sp³-hybridized carbons (Fsp3) is 1.00. The molecule has 0 rings (SSSR count). The summed E-state index contributed by atoms with van der Waals surface area (Å²) >= 11 is 4.12. The molecule has 1 atom stereocenters. The van der Waals surface area contributed by atoms with Gasteiger partial charge in [-0.15, -0.1) is 0 Å². The van der Waals surface area contributed by atoms with Crippen LogP contribution in [0.2, 0.25) is 0 Å². The Morgan fingerprint density at radius 2 is 2.20 bits per heavy atom. The molecule has 0 saturated carbocycles. The van der Waals surface area contributed by atoms with Gasteiger partial charge in [0.25, 0.3) is 0 Å². The third-order valence-electron chi connectivity index (χ3n) is 1.44. The first kappa shape index (κ1) is 10.3. The second-order valence-electron chi connectivity index (χ2n) is 2.55. The summed E-state index contributed by atoms with van der Waals surface area (Å²) in [6, 6.07) is 0. The molecule has 0 aliphatic rings. The fourth-order valence-electron chi connectivity index (χ4n) is 0.694. The van der Waals surface area contributed by atoms with Gasteiger partial charge in [0.05, 0.1) is 6.10 Å². The van der Waals surface area contributed by atoms with Crippen molar-refractivity contribution in [2.45, 2.75) is 39.2 Å². The summed E-state index contributed by atoms with van der Waals surface area (Å²) in [7, 11) is 0. The van der Waals surface area contributed by atoms with Crippen molar-refractivity contribution in [1.29, 1.82) is 0 Å². The van der Waals surface area contributed by atoms with E-state index in [1.807, 2.05) is 0 Å². The quantitative estimate of drug-likeness (QED) is 0.466. The lowest BCUT2D eigenvalue weighted by atomic mass is 10.3. The van der Waals surface area contributed by atoms with Gasteiger partial charge in [-0.3, -0.25) is 0 Å². The van der Waals surface area contributed by atoms with Crippen LogP contribution in [0.5, 0.6) is 0 Å². The summed E-state index contributed by atoms with van der Waals surface area (Å²) < 4.78 is 5.47. The second-order valence-corrected chi connectivity index (χ2v) is 2.99. The standard InChI is InChI=1S/C8H18OS/c1-3-4-6-9-8(2)5-7-10/h8,10H,3-7H2,1-2H3. The van der Waals surface area contributed by atoms with Crippen LogP contribution in [0.1, 0.15) is 33.1 Å². The lowest BCUT2D eigenvalue weighted by Crippen LogP contribution is -2.09. The smallest absolute Gasteiger partial charge is 0.0554 e. The Morgan fingerprint density at radius 3 is 2.70 bits per heavy atom. The van der Waals surface area contributed by atoms with Gasteiger partial charge in [-0.2, -0.15) is 12.6 Å². The molecule has 0 spiro atoms. The Morgan fingerprint density at radius 1 is 1.50 bits per heavy atom. The maximum absolute atomic E-state index is 5.47. The molecular formula is C8H18OS. The second kappa shape index (κ2) is 7.42. The minimum absolute atomic E-state index is 0.393. The molecule has 0 bridgehead atoms. The highest BCUT2D eigenvalue weighted by molar-refractivity contribution is 7.80. The number of hydrogen-bond acceptors (Lipinski definition) is 2. The van der Waals surface area contributed by atoms with Gasteiger partial charge in [-0.1, -0.05) is 13.3 Å². The van der Waals surface area contributed by atoms with Gasteiger partial charge in [0.2, 0.25) is 0 Å². The van der Waals surface area contributed by atoms with Crippen molar-refractivity contribution in [2.75, 3.05) is 12.4 Å². The largest absolute Gasteiger partial charge is 0.378 e. The van der Waals surface area contributed by atoms with E-state index < -0.39 is 0 Å². The van der Waals surface area contributed by atoms with E-state index in [1.165, 1.54) is 12.8 Å². The van der Waals surface area contributed by atoms with Gasteiger partial charge < -0.3 is 4.74 Å². The Kier molecular flexibility index (Phi) is 7.65. The molecule has 0 fully saturated rings. The van der Waals surface area contributed by atoms with E-state index >= 15 is 0 Å². The van der Waals surface area contributed by atoms with Gasteiger partial charge in [0.1, 0.15) is 0 Å². The molecule has 0 aliphatic carbocycles. The van der Waals surface area contributed by atoms with Crippen molar-refractivity contribution >= 4 is 12.6 Å². The summed E-state index contributed by atoms with van der Waals surface area (Å²) in [5, 5.41) is 0. The number of ether oxygens (including phenoxy) is 1. The highest BCUT2D eigenvalue weighted by Crippen LogP contribution is 2.00. The molecule has 2 heteroatoms. The van der Waals surface area contributed by atoms with Crippen LogP contribution < -0.4 is 0 Å². The summed E-state index contributed by atoms with van der Waals surface area (Å²) in [6.07, 6.45) is 3.85. The molecule has 10 heavy (non-hydrogen) atoms. The molecule has 0 radical (unpaired) electrons. The first-order chi connectivity index (χ1) is 4.81. The highest BCUT2D eigenvalue weighted by Gasteiger charge is 1.98. The van der Waals surface area contributed by atoms with E-state index in [-0.39, 0.29) is 0 Å². The molecule has 0 aromatic rings. The summed E-state index contributed by atoms with van der Waals surface area (Å²) in [6.45, 7) is 5.18. The average molecular weight is 162 g/mol. The molecule has 0 N–H and O–H groups in total. The van der Waals surface area contributed by atoms with Crippen molar-refractivity contribution in [3.05, 3.63) is 0 Å². The lowest BCUT2D eigenvalue weighted by Gasteiger charge is -2.10. The van der Waals surface area contributed by atoms with Crippen LogP contribution in [0.4, 0.5) is 0 Å². The van der Waals surface area contributed by atoms with Gasteiger partial charge in [-0.25, -0.2) is 0 Å². The average Bonchev–Trinajstić information content (AvgIpc) is 1.89. The first-order valence-corrected chi connectivity index (χ1v) is 4.67. The van der Waals surface area contributed by atoms with Crippen molar-refractivity contribution in [1.82, 2.24) is 0 Å². The Labute approximate surface area is 69.6 Å². The van der Waals surface area contributed by atoms with E-state index in [1.54, 1.807) is 0 Å². The molecule has 0 aliphatic heterocycles. The molecular weight excluding hydrogens is 144 g/mol. The normalized spacial score (nSPS) is 13.5. The van der Waals surface area contributed by atoms with Gasteiger partial charge >= 0.3 is 0 Å². The zero-order valence-corrected chi connectivity index (χ0v) is 7.86. The van der Waals surface area contributed by atoms with E-state index in [0.717, 1.165) is 18.8 Å². The molecule has 1 unspecified atom stereocenters. The Balaban J connectivity index is 2.97. The molecule has 0 aromatic heterocycles. The number of unbranched alkanes of at least 4 members (excludes halogenated alkanes) is 1. The monoisotopic (exact) mass is 162 g/mol. The predicted octanol–water partition coefficient (Wildman–Crippen LogP) is 2.51. The minimum Gasteiger partial charge on any atom is -0.378 e. The molecule has 0 saturated heterocycles. The third-order valence-corrected chi connectivity index (χ3v) is 1.69. The van der Waals surface area contributed by atoms with Crippen LogP contribution in [-0.4, -0.2) is 18.5 Å². The van der Waals surface area contributed by atoms with Crippen LogP contribution in [-0.2, 0) is 4.74 Å². The third kappa shape index (κ3) is 6.43. The van der Waals surface area contributed by atoms with Crippen LogP contribution in [0.25, 0.3) is 0 Å². The Bertz CT molecular complexity index is 66.3. The molecule has 62 valence electrons. The number of thiol groups is 1. The fourth-order valence-corrected chi connectivity index (χ4v) is 1.06. The van der Waals surface area contributed by atoms with Crippen molar-refractivity contribution < 1.29 is 4.74 Å². The SMILES string of the molecule is CCCCOC(C)CCS. The van der Waals surface area contributed by atoms with Gasteiger partial charge in [0, 0.05) is 6.61 Å². The van der Waals surface area contributed by atoms with E-state index in [9.17, 15) is 0 Å². The maximum Gasteiger partial charge on any atom is 0.0554 e. The highest BCUT2D eigenvalue weighted by atomic mass is 32.1. The van der Waals surface area contributed by atoms with E-state index in [4.69, 9.17) is 4.74 Å². The summed E-state index contributed by atoms with van der Waals surface area (Å²) in [5.74, 6) is 0.924. The molecule has 0 heterocycles. The summed E-state index contributed by atoms with van der Waals surface area (Å²) in [5.41, 5.74) is 0. The molecule has 0 amide bonds. The van der Waals surface area contributed by atoms with Gasteiger partial charge in [0.15, 0.2) is 0 Å². The van der Waals surface area contributed by atoms with Crippen molar-refractivity contribution in [2.24, 2.45) is 0 Å². The van der Waals surface area contributed by atoms with Crippen LogP contribution in [0.3, 0.4) is 0 Å². The van der Waals surface area contributed by atoms with Crippen LogP contribution in [0.15, 0.2) is 0 Å². The zero-order valence-electron chi connectivity index (χ0n) is 6.97. The van der Waals surface area contributed by atoms with E-state index in [0.29, 0.717) is 6.10 Å². The lowest BCUT2D eigenvalue weighted by molar-refractivity contribution is 0.0625. The van der Waals surface area contributed by atoms with Crippen molar-refractivity contribution in [3.63, 3.8) is 0 Å². The summed E-state index contributed by atoms with van der Waals surface area (Å²) in [4.78, 5) is 0. The molecule has 1 nitrogen and oxygen atoms in total. The zero-order chi connectivity index (χ0) is 7.82. The maximum atomic E-state index is 5.47. The topological polar surface area (TPSA) is 9.23 Å². The minimum atomic E-state index is 0.393. The molecule has 0 aromatic carbocycles. The van der Waals surface area contributed by atoms with Crippen molar-refractivity contribution in [3.8, 4) is 0 Å². The number of rotatable bonds is 6. The Hall–Kier alpha value is 0.310.